The van der Waals surface area contributed by atoms with E-state index in [4.69, 9.17) is 10.2 Å². The van der Waals surface area contributed by atoms with Crippen molar-refractivity contribution in [2.45, 2.75) is 25.3 Å². The number of thiazole rings is 1. The Morgan fingerprint density at radius 3 is 3.20 bits per heavy atom. The van der Waals surface area contributed by atoms with Crippen molar-refractivity contribution < 1.29 is 4.42 Å². The maximum absolute atomic E-state index is 6.05. The van der Waals surface area contributed by atoms with Crippen LogP contribution in [-0.4, -0.2) is 4.98 Å². The molecule has 0 amide bonds. The lowest BCUT2D eigenvalue weighted by molar-refractivity contribution is 0.570. The molecule has 15 heavy (non-hydrogen) atoms. The average Bonchev–Trinajstić information content (AvgIpc) is 2.86. The zero-order valence-electron chi connectivity index (χ0n) is 8.27. The molecule has 0 fully saturated rings. The molecule has 1 aliphatic carbocycles. The molecule has 0 bridgehead atoms. The molecule has 4 heteroatoms. The van der Waals surface area contributed by atoms with Gasteiger partial charge in [0.05, 0.1) is 12.0 Å². The third-order valence-electron chi connectivity index (χ3n) is 2.72. The summed E-state index contributed by atoms with van der Waals surface area (Å²) in [7, 11) is 0. The summed E-state index contributed by atoms with van der Waals surface area (Å²) < 4.78 is 5.34. The van der Waals surface area contributed by atoms with Gasteiger partial charge in [0.25, 0.3) is 0 Å². The number of nitrogens with zero attached hydrogens (tertiary/aromatic N) is 1. The minimum atomic E-state index is 0.176. The Morgan fingerprint density at radius 2 is 2.47 bits per heavy atom. The molecular weight excluding hydrogens is 208 g/mol. The van der Waals surface area contributed by atoms with Gasteiger partial charge in [-0.05, 0) is 31.4 Å². The number of furan rings is 1. The second-order valence-electron chi connectivity index (χ2n) is 3.81. The first-order valence-corrected chi connectivity index (χ1v) is 5.95. The van der Waals surface area contributed by atoms with Crippen molar-refractivity contribution in [1.82, 2.24) is 4.98 Å². The molecule has 0 radical (unpaired) electrons. The Morgan fingerprint density at radius 1 is 1.53 bits per heavy atom. The van der Waals surface area contributed by atoms with Crippen molar-refractivity contribution >= 4 is 11.3 Å². The molecule has 2 heterocycles. The monoisotopic (exact) mass is 220 g/mol. The van der Waals surface area contributed by atoms with E-state index in [0.717, 1.165) is 30.0 Å². The fourth-order valence-electron chi connectivity index (χ4n) is 1.96. The van der Waals surface area contributed by atoms with E-state index in [2.05, 4.69) is 4.98 Å². The number of aromatic nitrogens is 1. The fraction of sp³-hybridized carbons (Fsp3) is 0.364. The summed E-state index contributed by atoms with van der Waals surface area (Å²) in [6.07, 6.45) is 4.96. The molecule has 1 atom stereocenters. The number of aryl methyl sites for hydroxylation is 1. The molecule has 1 unspecified atom stereocenters. The van der Waals surface area contributed by atoms with E-state index in [1.165, 1.54) is 10.6 Å². The van der Waals surface area contributed by atoms with Gasteiger partial charge in [0.2, 0.25) is 0 Å². The van der Waals surface area contributed by atoms with Crippen LogP contribution in [0.2, 0.25) is 0 Å². The van der Waals surface area contributed by atoms with Gasteiger partial charge in [0.1, 0.15) is 0 Å². The smallest absolute Gasteiger partial charge is 0.162 e. The lowest BCUT2D eigenvalue weighted by Gasteiger charge is -2.15. The average molecular weight is 220 g/mol. The van der Waals surface area contributed by atoms with Crippen LogP contribution >= 0.6 is 11.3 Å². The third-order valence-corrected chi connectivity index (χ3v) is 3.97. The number of fused-ring (bicyclic) bond motifs is 1. The molecular formula is C11H12N2OS. The molecule has 0 saturated carbocycles. The molecule has 2 aromatic heterocycles. The highest BCUT2D eigenvalue weighted by atomic mass is 32.1. The molecule has 1 aliphatic rings. The van der Waals surface area contributed by atoms with E-state index >= 15 is 0 Å². The molecule has 0 spiro atoms. The van der Waals surface area contributed by atoms with Gasteiger partial charge in [-0.15, -0.1) is 11.3 Å². The fourth-order valence-corrected chi connectivity index (χ4v) is 3.07. The van der Waals surface area contributed by atoms with Crippen LogP contribution in [0.25, 0.3) is 10.8 Å². The van der Waals surface area contributed by atoms with Gasteiger partial charge in [0.15, 0.2) is 10.8 Å². The first-order valence-electron chi connectivity index (χ1n) is 5.13. The molecule has 2 N–H and O–H groups in total. The van der Waals surface area contributed by atoms with Crippen LogP contribution in [0.15, 0.2) is 22.8 Å². The molecule has 0 aliphatic heterocycles. The van der Waals surface area contributed by atoms with Crippen LogP contribution in [0.4, 0.5) is 0 Å². The predicted octanol–water partition coefficient (Wildman–Crippen LogP) is 2.74. The van der Waals surface area contributed by atoms with Gasteiger partial charge in [0, 0.05) is 10.9 Å². The summed E-state index contributed by atoms with van der Waals surface area (Å²) in [5.74, 6) is 0.849. The van der Waals surface area contributed by atoms with Gasteiger partial charge in [-0.3, -0.25) is 0 Å². The third kappa shape index (κ3) is 1.50. The minimum Gasteiger partial charge on any atom is -0.462 e. The molecule has 3 nitrogen and oxygen atoms in total. The maximum atomic E-state index is 6.05. The number of nitrogens with two attached hydrogens (primary N) is 1. The normalized spacial score (nSPS) is 20.2. The van der Waals surface area contributed by atoms with Crippen molar-refractivity contribution in [2.75, 3.05) is 0 Å². The number of hydrogen-bond acceptors (Lipinski definition) is 4. The van der Waals surface area contributed by atoms with Crippen LogP contribution in [-0.2, 0) is 6.42 Å². The van der Waals surface area contributed by atoms with Crippen LogP contribution in [0, 0.1) is 0 Å². The van der Waals surface area contributed by atoms with Crippen molar-refractivity contribution in [2.24, 2.45) is 5.73 Å². The van der Waals surface area contributed by atoms with Gasteiger partial charge in [-0.2, -0.15) is 0 Å². The first kappa shape index (κ1) is 9.12. The summed E-state index contributed by atoms with van der Waals surface area (Å²) in [4.78, 5) is 5.83. The zero-order chi connectivity index (χ0) is 10.3. The maximum Gasteiger partial charge on any atom is 0.162 e. The van der Waals surface area contributed by atoms with Crippen LogP contribution in [0.1, 0.15) is 29.5 Å². The van der Waals surface area contributed by atoms with Crippen molar-refractivity contribution in [1.29, 1.82) is 0 Å². The van der Waals surface area contributed by atoms with Crippen LogP contribution < -0.4 is 5.73 Å². The molecule has 0 aromatic carbocycles. The second kappa shape index (κ2) is 3.47. The van der Waals surface area contributed by atoms with Crippen LogP contribution in [0.3, 0.4) is 0 Å². The molecule has 2 aromatic rings. The van der Waals surface area contributed by atoms with E-state index < -0.39 is 0 Å². The van der Waals surface area contributed by atoms with E-state index in [1.54, 1.807) is 17.6 Å². The lowest BCUT2D eigenvalue weighted by Crippen LogP contribution is -2.15. The second-order valence-corrected chi connectivity index (χ2v) is 4.84. The summed E-state index contributed by atoms with van der Waals surface area (Å²) in [6, 6.07) is 4.00. The Kier molecular flexibility index (Phi) is 2.11. The highest BCUT2D eigenvalue weighted by Crippen LogP contribution is 2.36. The molecule has 78 valence electrons. The standard InChI is InChI=1S/C11H12N2OS/c12-7-3-1-4-8-10(7)15-11(13-8)9-5-2-6-14-9/h2,5-7H,1,3-4,12H2. The summed E-state index contributed by atoms with van der Waals surface area (Å²) in [6.45, 7) is 0. The summed E-state index contributed by atoms with van der Waals surface area (Å²) in [5.41, 5.74) is 7.22. The van der Waals surface area contributed by atoms with Crippen LogP contribution in [0.5, 0.6) is 0 Å². The Labute approximate surface area is 91.9 Å². The van der Waals surface area contributed by atoms with Gasteiger partial charge in [-0.25, -0.2) is 4.98 Å². The van der Waals surface area contributed by atoms with E-state index in [-0.39, 0.29) is 6.04 Å². The summed E-state index contributed by atoms with van der Waals surface area (Å²) >= 11 is 1.67. The molecule has 0 saturated heterocycles. The van der Waals surface area contributed by atoms with E-state index in [9.17, 15) is 0 Å². The van der Waals surface area contributed by atoms with Gasteiger partial charge >= 0.3 is 0 Å². The van der Waals surface area contributed by atoms with Crippen molar-refractivity contribution in [3.05, 3.63) is 29.0 Å². The highest BCUT2D eigenvalue weighted by molar-refractivity contribution is 7.15. The largest absolute Gasteiger partial charge is 0.462 e. The lowest BCUT2D eigenvalue weighted by atomic mass is 9.99. The quantitative estimate of drug-likeness (QED) is 0.804. The Bertz CT molecular complexity index is 461. The highest BCUT2D eigenvalue weighted by Gasteiger charge is 2.22. The Balaban J connectivity index is 2.06. The summed E-state index contributed by atoms with van der Waals surface area (Å²) in [5, 5.41) is 0.961. The SMILES string of the molecule is NC1CCCc2nc(-c3ccco3)sc21. The van der Waals surface area contributed by atoms with Crippen molar-refractivity contribution in [3.63, 3.8) is 0 Å². The van der Waals surface area contributed by atoms with E-state index in [0.29, 0.717) is 0 Å². The molecule has 3 rings (SSSR count). The van der Waals surface area contributed by atoms with Crippen molar-refractivity contribution in [3.8, 4) is 10.8 Å². The Hall–Kier alpha value is -1.13. The number of hydrogen-bond donors (Lipinski definition) is 1. The number of rotatable bonds is 1. The van der Waals surface area contributed by atoms with Gasteiger partial charge in [-0.1, -0.05) is 0 Å². The minimum absolute atomic E-state index is 0.176. The predicted molar refractivity (Wildman–Crippen MR) is 59.7 cm³/mol. The topological polar surface area (TPSA) is 52.0 Å². The first-order chi connectivity index (χ1) is 7.34. The van der Waals surface area contributed by atoms with E-state index in [1.807, 2.05) is 12.1 Å². The zero-order valence-corrected chi connectivity index (χ0v) is 9.09. The van der Waals surface area contributed by atoms with Gasteiger partial charge < -0.3 is 10.2 Å².